The number of carbonyl (C=O) groups excluding carboxylic acids is 1. The van der Waals surface area contributed by atoms with Crippen LogP contribution in [0.15, 0.2) is 81.7 Å². The lowest BCUT2D eigenvalue weighted by Gasteiger charge is -2.09. The summed E-state index contributed by atoms with van der Waals surface area (Å²) in [5.41, 5.74) is 3.77. The zero-order valence-corrected chi connectivity index (χ0v) is 24.0. The molecule has 0 bridgehead atoms. The first-order valence-corrected chi connectivity index (χ1v) is 14.6. The summed E-state index contributed by atoms with van der Waals surface area (Å²) >= 11 is 1.60. The van der Waals surface area contributed by atoms with Crippen molar-refractivity contribution in [2.24, 2.45) is 5.16 Å². The smallest absolute Gasteiger partial charge is 0.305 e. The Bertz CT molecular complexity index is 1330. The maximum atomic E-state index is 11.5. The third-order valence-corrected chi connectivity index (χ3v) is 7.14. The van der Waals surface area contributed by atoms with Crippen LogP contribution in [0.25, 0.3) is 10.8 Å². The molecule has 40 heavy (non-hydrogen) atoms. The number of esters is 1. The van der Waals surface area contributed by atoms with Crippen molar-refractivity contribution in [2.75, 3.05) is 6.61 Å². The molecule has 0 spiro atoms. The fourth-order valence-electron chi connectivity index (χ4n) is 4.11. The minimum absolute atomic E-state index is 0.115. The minimum Gasteiger partial charge on any atom is -0.487 e. The van der Waals surface area contributed by atoms with Crippen LogP contribution >= 0.6 is 11.3 Å². The first kappa shape index (κ1) is 29.1. The summed E-state index contributed by atoms with van der Waals surface area (Å²) in [6.45, 7) is 4.87. The van der Waals surface area contributed by atoms with Crippen molar-refractivity contribution in [3.63, 3.8) is 0 Å². The molecule has 2 heterocycles. The summed E-state index contributed by atoms with van der Waals surface area (Å²) in [4.78, 5) is 22.8. The number of aromatic nitrogens is 1. The van der Waals surface area contributed by atoms with E-state index in [0.717, 1.165) is 71.0 Å². The second kappa shape index (κ2) is 15.6. The molecule has 0 saturated carbocycles. The number of hydrogen-bond donors (Lipinski definition) is 0. The Morgan fingerprint density at radius 2 is 1.70 bits per heavy atom. The van der Waals surface area contributed by atoms with Crippen LogP contribution in [0.3, 0.4) is 0 Å². The van der Waals surface area contributed by atoms with Crippen LogP contribution in [0, 0.1) is 6.92 Å². The number of benzene rings is 2. The number of rotatable bonds is 16. The van der Waals surface area contributed by atoms with Crippen LogP contribution in [0.5, 0.6) is 5.75 Å². The van der Waals surface area contributed by atoms with Gasteiger partial charge in [-0.2, -0.15) is 0 Å². The van der Waals surface area contributed by atoms with Crippen LogP contribution in [0.4, 0.5) is 0 Å². The number of oxazole rings is 1. The van der Waals surface area contributed by atoms with Gasteiger partial charge in [0.2, 0.25) is 5.89 Å². The van der Waals surface area contributed by atoms with E-state index in [1.165, 1.54) is 0 Å². The molecule has 2 aromatic carbocycles. The highest BCUT2D eigenvalue weighted by Crippen LogP contribution is 2.26. The van der Waals surface area contributed by atoms with Gasteiger partial charge in [0.15, 0.2) is 0 Å². The summed E-state index contributed by atoms with van der Waals surface area (Å²) < 4.78 is 16.7. The zero-order chi connectivity index (χ0) is 28.0. The minimum atomic E-state index is -0.115. The molecule has 0 radical (unpaired) electrons. The molecule has 2 aromatic heterocycles. The van der Waals surface area contributed by atoms with E-state index >= 15 is 0 Å². The molecule has 0 aliphatic heterocycles. The number of thiophene rings is 1. The number of unbranched alkanes of at least 4 members (excludes halogenated alkanes) is 3. The van der Waals surface area contributed by atoms with E-state index in [0.29, 0.717) is 32.1 Å². The summed E-state index contributed by atoms with van der Waals surface area (Å²) in [5.74, 6) is 2.02. The van der Waals surface area contributed by atoms with E-state index in [2.05, 4.69) is 22.3 Å². The van der Waals surface area contributed by atoms with Gasteiger partial charge in [-0.05, 0) is 67.8 Å². The van der Waals surface area contributed by atoms with Gasteiger partial charge in [0.05, 0.1) is 17.2 Å². The topological polar surface area (TPSA) is 83.2 Å². The van der Waals surface area contributed by atoms with Crippen molar-refractivity contribution >= 4 is 23.0 Å². The van der Waals surface area contributed by atoms with E-state index in [1.54, 1.807) is 11.3 Å². The molecule has 7 nitrogen and oxygen atoms in total. The summed E-state index contributed by atoms with van der Waals surface area (Å²) in [5, 5.41) is 6.49. The van der Waals surface area contributed by atoms with Gasteiger partial charge >= 0.3 is 5.97 Å². The Kier molecular flexibility index (Phi) is 11.4. The van der Waals surface area contributed by atoms with Gasteiger partial charge in [0, 0.05) is 6.42 Å². The van der Waals surface area contributed by atoms with Crippen LogP contribution in [0.1, 0.15) is 68.0 Å². The molecule has 0 aliphatic rings. The molecular formula is C32H36N2O5S. The Morgan fingerprint density at radius 1 is 0.925 bits per heavy atom. The van der Waals surface area contributed by atoms with Crippen LogP contribution < -0.4 is 4.74 Å². The number of carbonyl (C=O) groups is 1. The Labute approximate surface area is 239 Å². The third kappa shape index (κ3) is 9.09. The monoisotopic (exact) mass is 560 g/mol. The first-order valence-electron chi connectivity index (χ1n) is 13.7. The molecule has 8 heteroatoms. The maximum absolute atomic E-state index is 11.5. The fourth-order valence-corrected chi connectivity index (χ4v) is 4.76. The molecule has 0 saturated heterocycles. The van der Waals surface area contributed by atoms with Gasteiger partial charge < -0.3 is 18.7 Å². The van der Waals surface area contributed by atoms with E-state index in [-0.39, 0.29) is 5.97 Å². The van der Waals surface area contributed by atoms with Crippen LogP contribution in [0.2, 0.25) is 0 Å². The molecule has 4 aromatic rings. The van der Waals surface area contributed by atoms with Gasteiger partial charge in [0.25, 0.3) is 0 Å². The predicted molar refractivity (Wildman–Crippen MR) is 157 cm³/mol. The molecule has 0 N–H and O–H groups in total. The van der Waals surface area contributed by atoms with E-state index in [4.69, 9.17) is 18.7 Å². The average Bonchev–Trinajstić information content (AvgIpc) is 3.64. The van der Waals surface area contributed by atoms with Gasteiger partial charge in [-0.3, -0.25) is 4.79 Å². The van der Waals surface area contributed by atoms with E-state index in [1.807, 2.05) is 73.8 Å². The van der Waals surface area contributed by atoms with Crippen LogP contribution in [-0.4, -0.2) is 23.3 Å². The molecule has 0 amide bonds. The average molecular weight is 561 g/mol. The Morgan fingerprint density at radius 3 is 2.42 bits per heavy atom. The number of nitrogens with zero attached hydrogens (tertiary/aromatic N) is 2. The Balaban J connectivity index is 1.24. The van der Waals surface area contributed by atoms with Crippen molar-refractivity contribution in [3.05, 3.63) is 94.7 Å². The van der Waals surface area contributed by atoms with Crippen LogP contribution in [-0.2, 0) is 27.6 Å². The highest BCUT2D eigenvalue weighted by molar-refractivity contribution is 7.13. The molecule has 210 valence electrons. The van der Waals surface area contributed by atoms with Crippen molar-refractivity contribution < 1.29 is 23.5 Å². The normalized spacial score (nSPS) is 11.4. The lowest BCUT2D eigenvalue weighted by atomic mass is 10.0. The number of oxime groups is 1. The standard InChI is InChI=1S/C32H36N2O5S/c1-3-36-31(35)16-10-5-4-9-14-28(26-12-7-6-8-13-26)34-38-22-25-17-19-27(20-18-25)37-23-29-24(2)39-32(33-29)30-15-11-21-40-30/h6-8,11-13,15,17-21H,3-5,9-10,14,16,22-23H2,1-2H3. The fraction of sp³-hybridized carbons (Fsp3) is 0.344. The second-order valence-corrected chi connectivity index (χ2v) is 10.3. The summed E-state index contributed by atoms with van der Waals surface area (Å²) in [6.07, 6.45) is 5.13. The molecule has 4 rings (SSSR count). The molecule has 0 atom stereocenters. The van der Waals surface area contributed by atoms with E-state index in [9.17, 15) is 4.79 Å². The number of aryl methyl sites for hydroxylation is 1. The molecule has 0 aliphatic carbocycles. The summed E-state index contributed by atoms with van der Waals surface area (Å²) in [6, 6.07) is 21.9. The predicted octanol–water partition coefficient (Wildman–Crippen LogP) is 8.12. The summed E-state index contributed by atoms with van der Waals surface area (Å²) in [7, 11) is 0. The number of ether oxygens (including phenoxy) is 2. The molecular weight excluding hydrogens is 524 g/mol. The Hall–Kier alpha value is -3.91. The highest BCUT2D eigenvalue weighted by atomic mass is 32.1. The molecule has 0 fully saturated rings. The van der Waals surface area contributed by atoms with Gasteiger partial charge in [-0.25, -0.2) is 4.98 Å². The van der Waals surface area contributed by atoms with Crippen molar-refractivity contribution in [1.29, 1.82) is 0 Å². The molecule has 0 unspecified atom stereocenters. The highest BCUT2D eigenvalue weighted by Gasteiger charge is 2.13. The second-order valence-electron chi connectivity index (χ2n) is 9.33. The van der Waals surface area contributed by atoms with Crippen molar-refractivity contribution in [2.45, 2.75) is 65.6 Å². The number of hydrogen-bond acceptors (Lipinski definition) is 8. The third-order valence-electron chi connectivity index (χ3n) is 6.29. The lowest BCUT2D eigenvalue weighted by Crippen LogP contribution is -2.04. The van der Waals surface area contributed by atoms with Crippen molar-refractivity contribution in [1.82, 2.24) is 4.98 Å². The lowest BCUT2D eigenvalue weighted by molar-refractivity contribution is -0.143. The zero-order valence-electron chi connectivity index (χ0n) is 23.1. The van der Waals surface area contributed by atoms with Gasteiger partial charge in [0.1, 0.15) is 30.4 Å². The first-order chi connectivity index (χ1) is 19.6. The van der Waals surface area contributed by atoms with Gasteiger partial charge in [-0.15, -0.1) is 11.3 Å². The van der Waals surface area contributed by atoms with E-state index < -0.39 is 0 Å². The van der Waals surface area contributed by atoms with Gasteiger partial charge in [-0.1, -0.05) is 66.5 Å². The quantitative estimate of drug-likeness (QED) is 0.0596. The van der Waals surface area contributed by atoms with Crippen molar-refractivity contribution in [3.8, 4) is 16.5 Å². The maximum Gasteiger partial charge on any atom is 0.305 e. The largest absolute Gasteiger partial charge is 0.487 e. The SMILES string of the molecule is CCOC(=O)CCCCCCC(=NOCc1ccc(OCc2nc(-c3cccs3)oc2C)cc1)c1ccccc1.